The van der Waals surface area contributed by atoms with Crippen LogP contribution < -0.4 is 4.90 Å². The molecule has 3 nitrogen and oxygen atoms in total. The van der Waals surface area contributed by atoms with Crippen molar-refractivity contribution in [2.75, 3.05) is 25.0 Å². The lowest BCUT2D eigenvalue weighted by molar-refractivity contribution is 0.0785. The Bertz CT molecular complexity index is 670. The zero-order valence-corrected chi connectivity index (χ0v) is 14.7. The zero-order valence-electron chi connectivity index (χ0n) is 14.7. The van der Waals surface area contributed by atoms with Gasteiger partial charge in [0.25, 0.3) is 5.91 Å². The second kappa shape index (κ2) is 7.52. The molecule has 24 heavy (non-hydrogen) atoms. The number of benzene rings is 2. The number of carbonyl (C=O) groups is 1. The van der Waals surface area contributed by atoms with Gasteiger partial charge in [-0.15, -0.1) is 0 Å². The first-order valence-corrected chi connectivity index (χ1v) is 8.79. The molecule has 126 valence electrons. The summed E-state index contributed by atoms with van der Waals surface area (Å²) in [4.78, 5) is 16.8. The van der Waals surface area contributed by atoms with Crippen LogP contribution in [-0.2, 0) is 6.54 Å². The Morgan fingerprint density at radius 2 is 1.58 bits per heavy atom. The minimum absolute atomic E-state index is 0.0702. The van der Waals surface area contributed by atoms with E-state index >= 15 is 0 Å². The molecule has 2 aromatic carbocycles. The van der Waals surface area contributed by atoms with E-state index in [0.717, 1.165) is 24.2 Å². The summed E-state index contributed by atoms with van der Waals surface area (Å²) in [7, 11) is 1.86. The van der Waals surface area contributed by atoms with Crippen LogP contribution in [0, 0.1) is 6.92 Å². The molecule has 0 aromatic heterocycles. The summed E-state index contributed by atoms with van der Waals surface area (Å²) in [5.74, 6) is 0.0702. The Kier molecular flexibility index (Phi) is 5.19. The lowest BCUT2D eigenvalue weighted by atomic mass is 10.1. The number of aryl methyl sites for hydroxylation is 1. The van der Waals surface area contributed by atoms with Gasteiger partial charge in [-0.3, -0.25) is 4.79 Å². The van der Waals surface area contributed by atoms with Crippen molar-refractivity contribution in [3.05, 3.63) is 65.2 Å². The van der Waals surface area contributed by atoms with Crippen molar-refractivity contribution in [2.24, 2.45) is 0 Å². The van der Waals surface area contributed by atoms with Crippen molar-refractivity contribution in [3.8, 4) is 0 Å². The standard InChI is InChI=1S/C21H26N2O/c1-17-6-8-18(9-7-17)16-22(2)21(24)19-10-12-20(13-11-19)23-14-4-3-5-15-23/h6-13H,3-5,14-16H2,1-2H3. The molecule has 3 heteroatoms. The van der Waals surface area contributed by atoms with Gasteiger partial charge in [-0.25, -0.2) is 0 Å². The van der Waals surface area contributed by atoms with Crippen LogP contribution in [0.2, 0.25) is 0 Å². The summed E-state index contributed by atoms with van der Waals surface area (Å²) in [6, 6.07) is 16.4. The summed E-state index contributed by atoms with van der Waals surface area (Å²) >= 11 is 0. The number of hydrogen-bond acceptors (Lipinski definition) is 2. The van der Waals surface area contributed by atoms with Gasteiger partial charge in [-0.05, 0) is 56.0 Å². The molecule has 0 bridgehead atoms. The minimum Gasteiger partial charge on any atom is -0.372 e. The van der Waals surface area contributed by atoms with Gasteiger partial charge in [-0.1, -0.05) is 29.8 Å². The SMILES string of the molecule is Cc1ccc(CN(C)C(=O)c2ccc(N3CCCCC3)cc2)cc1. The fraction of sp³-hybridized carbons (Fsp3) is 0.381. The summed E-state index contributed by atoms with van der Waals surface area (Å²) in [6.45, 7) is 4.96. The first-order valence-electron chi connectivity index (χ1n) is 8.79. The Balaban J connectivity index is 1.64. The van der Waals surface area contributed by atoms with Crippen molar-refractivity contribution in [2.45, 2.75) is 32.7 Å². The molecule has 1 heterocycles. The molecule has 0 atom stereocenters. The maximum atomic E-state index is 12.6. The molecule has 3 rings (SSSR count). The second-order valence-corrected chi connectivity index (χ2v) is 6.74. The topological polar surface area (TPSA) is 23.6 Å². The van der Waals surface area contributed by atoms with E-state index in [4.69, 9.17) is 0 Å². The van der Waals surface area contributed by atoms with E-state index in [0.29, 0.717) is 6.54 Å². The average Bonchev–Trinajstić information content (AvgIpc) is 2.64. The van der Waals surface area contributed by atoms with E-state index in [2.05, 4.69) is 48.2 Å². The Hall–Kier alpha value is -2.29. The first-order chi connectivity index (χ1) is 11.6. The summed E-state index contributed by atoms with van der Waals surface area (Å²) < 4.78 is 0. The van der Waals surface area contributed by atoms with Gasteiger partial charge < -0.3 is 9.80 Å². The number of amides is 1. The Morgan fingerprint density at radius 1 is 0.958 bits per heavy atom. The van der Waals surface area contributed by atoms with E-state index in [9.17, 15) is 4.79 Å². The number of rotatable bonds is 4. The lowest BCUT2D eigenvalue weighted by Crippen LogP contribution is -2.29. The van der Waals surface area contributed by atoms with Crippen LogP contribution in [0.5, 0.6) is 0 Å². The highest BCUT2D eigenvalue weighted by atomic mass is 16.2. The molecule has 1 aliphatic heterocycles. The minimum atomic E-state index is 0.0702. The van der Waals surface area contributed by atoms with E-state index in [-0.39, 0.29) is 5.91 Å². The fourth-order valence-electron chi connectivity index (χ4n) is 3.23. The lowest BCUT2D eigenvalue weighted by Gasteiger charge is -2.29. The normalized spacial score (nSPS) is 14.5. The average molecular weight is 322 g/mol. The van der Waals surface area contributed by atoms with Gasteiger partial charge in [0, 0.05) is 37.9 Å². The molecule has 0 radical (unpaired) electrons. The molecule has 0 N–H and O–H groups in total. The quantitative estimate of drug-likeness (QED) is 0.840. The Labute approximate surface area is 144 Å². The fourth-order valence-corrected chi connectivity index (χ4v) is 3.23. The molecular weight excluding hydrogens is 296 g/mol. The summed E-state index contributed by atoms with van der Waals surface area (Å²) in [5, 5.41) is 0. The van der Waals surface area contributed by atoms with Gasteiger partial charge in [-0.2, -0.15) is 0 Å². The highest BCUT2D eigenvalue weighted by molar-refractivity contribution is 5.94. The van der Waals surface area contributed by atoms with Crippen LogP contribution in [0.1, 0.15) is 40.7 Å². The number of anilines is 1. The maximum Gasteiger partial charge on any atom is 0.253 e. The number of piperidine rings is 1. The molecule has 0 unspecified atom stereocenters. The van der Waals surface area contributed by atoms with Crippen LogP contribution in [0.25, 0.3) is 0 Å². The molecule has 2 aromatic rings. The highest BCUT2D eigenvalue weighted by Crippen LogP contribution is 2.21. The van der Waals surface area contributed by atoms with Gasteiger partial charge >= 0.3 is 0 Å². The molecule has 1 fully saturated rings. The molecule has 1 aliphatic rings. The van der Waals surface area contributed by atoms with Crippen LogP contribution in [0.3, 0.4) is 0 Å². The third-order valence-electron chi connectivity index (χ3n) is 4.72. The predicted octanol–water partition coefficient (Wildman–Crippen LogP) is 4.26. The van der Waals surface area contributed by atoms with Crippen molar-refractivity contribution in [1.82, 2.24) is 4.90 Å². The third kappa shape index (κ3) is 3.97. The summed E-state index contributed by atoms with van der Waals surface area (Å²) in [5.41, 5.74) is 4.38. The van der Waals surface area contributed by atoms with Crippen LogP contribution >= 0.6 is 0 Å². The van der Waals surface area contributed by atoms with E-state index in [1.807, 2.05) is 19.2 Å². The summed E-state index contributed by atoms with van der Waals surface area (Å²) in [6.07, 6.45) is 3.86. The molecule has 1 saturated heterocycles. The van der Waals surface area contributed by atoms with Gasteiger partial charge in [0.2, 0.25) is 0 Å². The van der Waals surface area contributed by atoms with Crippen molar-refractivity contribution in [3.63, 3.8) is 0 Å². The third-order valence-corrected chi connectivity index (χ3v) is 4.72. The van der Waals surface area contributed by atoms with Gasteiger partial charge in [0.05, 0.1) is 0 Å². The van der Waals surface area contributed by atoms with Crippen LogP contribution in [-0.4, -0.2) is 30.9 Å². The van der Waals surface area contributed by atoms with Crippen molar-refractivity contribution in [1.29, 1.82) is 0 Å². The second-order valence-electron chi connectivity index (χ2n) is 6.74. The van der Waals surface area contributed by atoms with Gasteiger partial charge in [0.1, 0.15) is 0 Å². The van der Waals surface area contributed by atoms with E-state index in [1.54, 1.807) is 4.90 Å². The Morgan fingerprint density at radius 3 is 2.21 bits per heavy atom. The smallest absolute Gasteiger partial charge is 0.253 e. The largest absolute Gasteiger partial charge is 0.372 e. The molecule has 0 aliphatic carbocycles. The maximum absolute atomic E-state index is 12.6. The first kappa shape index (κ1) is 16.6. The predicted molar refractivity (Wildman–Crippen MR) is 99.5 cm³/mol. The monoisotopic (exact) mass is 322 g/mol. The van der Waals surface area contributed by atoms with E-state index < -0.39 is 0 Å². The molecule has 0 spiro atoms. The number of carbonyl (C=O) groups excluding carboxylic acids is 1. The molecule has 1 amide bonds. The highest BCUT2D eigenvalue weighted by Gasteiger charge is 2.14. The molecule has 0 saturated carbocycles. The van der Waals surface area contributed by atoms with Crippen molar-refractivity contribution < 1.29 is 4.79 Å². The zero-order chi connectivity index (χ0) is 16.9. The van der Waals surface area contributed by atoms with Crippen LogP contribution in [0.4, 0.5) is 5.69 Å². The van der Waals surface area contributed by atoms with Gasteiger partial charge in [0.15, 0.2) is 0 Å². The van der Waals surface area contributed by atoms with Crippen molar-refractivity contribution >= 4 is 11.6 Å². The number of hydrogen-bond donors (Lipinski definition) is 0. The van der Waals surface area contributed by atoms with Crippen LogP contribution in [0.15, 0.2) is 48.5 Å². The van der Waals surface area contributed by atoms with E-state index in [1.165, 1.54) is 30.5 Å². The molecular formula is C21H26N2O. The number of nitrogens with zero attached hydrogens (tertiary/aromatic N) is 2.